The first-order valence-corrected chi connectivity index (χ1v) is 11.7. The number of carbonyl (C=O) groups is 2. The molecule has 1 aromatic heterocycles. The van der Waals surface area contributed by atoms with Crippen LogP contribution >= 0.6 is 58.0 Å². The number of aromatic nitrogens is 1. The average molecular weight is 560 g/mol. The van der Waals surface area contributed by atoms with Gasteiger partial charge in [0, 0.05) is 27.7 Å². The van der Waals surface area contributed by atoms with Crippen molar-refractivity contribution in [3.8, 4) is 5.88 Å². The minimum atomic E-state index is -1.33. The van der Waals surface area contributed by atoms with Gasteiger partial charge in [-0.3, -0.25) is 9.59 Å². The monoisotopic (exact) mass is 557 g/mol. The number of hydrogen-bond donors (Lipinski definition) is 2. The molecule has 1 aliphatic rings. The van der Waals surface area contributed by atoms with Crippen molar-refractivity contribution >= 4 is 81.2 Å². The van der Waals surface area contributed by atoms with Gasteiger partial charge in [-0.05, 0) is 48.0 Å². The molecule has 0 radical (unpaired) electrons. The number of amides is 2. The van der Waals surface area contributed by atoms with E-state index < -0.39 is 28.0 Å². The summed E-state index contributed by atoms with van der Waals surface area (Å²) < 4.78 is 3.67. The van der Waals surface area contributed by atoms with Crippen LogP contribution in [0, 0.1) is 5.92 Å². The van der Waals surface area contributed by atoms with Gasteiger partial charge >= 0.3 is 0 Å². The highest BCUT2D eigenvalue weighted by Crippen LogP contribution is 2.65. The van der Waals surface area contributed by atoms with Gasteiger partial charge in [-0.2, -0.15) is 0 Å². The molecule has 2 amide bonds. The summed E-state index contributed by atoms with van der Waals surface area (Å²) in [7, 11) is 1.49. The lowest BCUT2D eigenvalue weighted by molar-refractivity contribution is -0.117. The molecule has 11 heteroatoms. The van der Waals surface area contributed by atoms with E-state index in [0.29, 0.717) is 32.9 Å². The minimum Gasteiger partial charge on any atom is -0.481 e. The fourth-order valence-electron chi connectivity index (χ4n) is 3.59. The lowest BCUT2D eigenvalue weighted by Crippen LogP contribution is -2.18. The molecule has 2 aromatic carbocycles. The Hall–Kier alpha value is -2.22. The second-order valence-corrected chi connectivity index (χ2v) is 10.3. The van der Waals surface area contributed by atoms with Gasteiger partial charge in [0.1, 0.15) is 4.33 Å². The van der Waals surface area contributed by atoms with E-state index in [4.69, 9.17) is 62.7 Å². The first kappa shape index (κ1) is 24.9. The molecular formula is C23H16Cl5N3O3. The van der Waals surface area contributed by atoms with Crippen LogP contribution in [0.25, 0.3) is 0 Å². The summed E-state index contributed by atoms with van der Waals surface area (Å²) in [5.41, 5.74) is 1.62. The van der Waals surface area contributed by atoms with Crippen molar-refractivity contribution in [1.29, 1.82) is 0 Å². The zero-order valence-corrected chi connectivity index (χ0v) is 21.2. The second kappa shape index (κ2) is 9.80. The third-order valence-corrected chi connectivity index (χ3v) is 6.97. The summed E-state index contributed by atoms with van der Waals surface area (Å²) in [5.74, 6) is -1.73. The van der Waals surface area contributed by atoms with Crippen molar-refractivity contribution in [2.45, 2.75) is 10.3 Å². The Balaban J connectivity index is 1.49. The molecule has 0 aliphatic heterocycles. The van der Waals surface area contributed by atoms with Crippen LogP contribution < -0.4 is 15.4 Å². The topological polar surface area (TPSA) is 80.3 Å². The van der Waals surface area contributed by atoms with Crippen LogP contribution in [-0.2, 0) is 4.79 Å². The third-order valence-electron chi connectivity index (χ3n) is 5.26. The number of methoxy groups -OCH3 is 1. The zero-order valence-electron chi connectivity index (χ0n) is 17.4. The quantitative estimate of drug-likeness (QED) is 0.325. The predicted octanol–water partition coefficient (Wildman–Crippen LogP) is 6.83. The van der Waals surface area contributed by atoms with Crippen LogP contribution in [0.3, 0.4) is 0 Å². The van der Waals surface area contributed by atoms with E-state index in [1.54, 1.807) is 36.4 Å². The van der Waals surface area contributed by atoms with Crippen LogP contribution in [0.2, 0.25) is 15.1 Å². The Bertz CT molecular complexity index is 1250. The summed E-state index contributed by atoms with van der Waals surface area (Å²) in [5, 5.41) is 6.48. The Kier molecular flexibility index (Phi) is 7.17. The number of pyridine rings is 1. The van der Waals surface area contributed by atoms with E-state index in [-0.39, 0.29) is 10.6 Å². The molecule has 0 bridgehead atoms. The molecule has 2 N–H and O–H groups in total. The van der Waals surface area contributed by atoms with Crippen molar-refractivity contribution in [3.63, 3.8) is 0 Å². The molecule has 1 aliphatic carbocycles. The molecule has 1 saturated carbocycles. The van der Waals surface area contributed by atoms with Crippen LogP contribution in [0.15, 0.2) is 54.7 Å². The molecule has 3 aromatic rings. The van der Waals surface area contributed by atoms with Gasteiger partial charge in [-0.25, -0.2) is 4.98 Å². The first-order valence-electron chi connectivity index (χ1n) is 9.85. The zero-order chi connectivity index (χ0) is 24.6. The number of anilines is 2. The molecule has 176 valence electrons. The summed E-state index contributed by atoms with van der Waals surface area (Å²) in [6, 6.07) is 12.7. The van der Waals surface area contributed by atoms with E-state index in [9.17, 15) is 9.59 Å². The number of carbonyl (C=O) groups excluding carboxylic acids is 2. The van der Waals surface area contributed by atoms with Crippen LogP contribution in [0.1, 0.15) is 21.8 Å². The van der Waals surface area contributed by atoms with Gasteiger partial charge in [0.2, 0.25) is 11.8 Å². The molecular weight excluding hydrogens is 544 g/mol. The van der Waals surface area contributed by atoms with Gasteiger partial charge in [0.25, 0.3) is 5.91 Å². The summed E-state index contributed by atoms with van der Waals surface area (Å²) in [6.07, 6.45) is 1.45. The van der Waals surface area contributed by atoms with E-state index in [1.807, 2.05) is 0 Å². The molecule has 1 heterocycles. The lowest BCUT2D eigenvalue weighted by atomic mass is 10.1. The highest BCUT2D eigenvalue weighted by Gasteiger charge is 2.67. The van der Waals surface area contributed by atoms with E-state index in [0.717, 1.165) is 0 Å². The number of alkyl halides is 2. The molecule has 0 unspecified atom stereocenters. The maximum absolute atomic E-state index is 13.0. The molecule has 0 saturated heterocycles. The van der Waals surface area contributed by atoms with Gasteiger partial charge in [0.15, 0.2) is 0 Å². The Labute approximate surface area is 220 Å². The second-order valence-electron chi connectivity index (χ2n) is 7.56. The Morgan fingerprint density at radius 1 is 0.941 bits per heavy atom. The summed E-state index contributed by atoms with van der Waals surface area (Å²) in [6.45, 7) is 0. The normalized spacial score (nSPS) is 18.2. The molecule has 4 rings (SSSR count). The molecule has 1 fully saturated rings. The number of hydrogen-bond acceptors (Lipinski definition) is 4. The number of halogens is 5. The SMILES string of the molecule is COc1ccc(NC(=O)c2cc(NC(=O)[C@@H]3[C@@H](c4cc(Cl)cc(Cl)c4)C3(Cl)Cl)ccc2Cl)cn1. The summed E-state index contributed by atoms with van der Waals surface area (Å²) in [4.78, 5) is 29.7. The Morgan fingerprint density at radius 3 is 2.24 bits per heavy atom. The lowest BCUT2D eigenvalue weighted by Gasteiger charge is -2.10. The van der Waals surface area contributed by atoms with Crippen LogP contribution in [0.5, 0.6) is 5.88 Å². The van der Waals surface area contributed by atoms with Crippen molar-refractivity contribution < 1.29 is 14.3 Å². The van der Waals surface area contributed by atoms with E-state index in [1.165, 1.54) is 25.4 Å². The minimum absolute atomic E-state index is 0.160. The summed E-state index contributed by atoms with van der Waals surface area (Å²) >= 11 is 31.2. The maximum atomic E-state index is 13.0. The molecule has 34 heavy (non-hydrogen) atoms. The van der Waals surface area contributed by atoms with Gasteiger partial charge in [-0.15, -0.1) is 23.2 Å². The number of benzene rings is 2. The fraction of sp³-hybridized carbons (Fsp3) is 0.174. The smallest absolute Gasteiger partial charge is 0.257 e. The van der Waals surface area contributed by atoms with Crippen molar-refractivity contribution in [1.82, 2.24) is 4.98 Å². The Morgan fingerprint density at radius 2 is 1.62 bits per heavy atom. The van der Waals surface area contributed by atoms with Crippen molar-refractivity contribution in [2.75, 3.05) is 17.7 Å². The predicted molar refractivity (Wildman–Crippen MR) is 136 cm³/mol. The van der Waals surface area contributed by atoms with Gasteiger partial charge in [0.05, 0.1) is 35.5 Å². The van der Waals surface area contributed by atoms with Crippen LogP contribution in [0.4, 0.5) is 11.4 Å². The van der Waals surface area contributed by atoms with E-state index >= 15 is 0 Å². The number of rotatable bonds is 6. The molecule has 6 nitrogen and oxygen atoms in total. The van der Waals surface area contributed by atoms with Gasteiger partial charge in [-0.1, -0.05) is 34.8 Å². The van der Waals surface area contributed by atoms with Crippen molar-refractivity contribution in [3.05, 3.63) is 80.9 Å². The maximum Gasteiger partial charge on any atom is 0.257 e. The highest BCUT2D eigenvalue weighted by atomic mass is 35.5. The van der Waals surface area contributed by atoms with Gasteiger partial charge < -0.3 is 15.4 Å². The molecule has 0 spiro atoms. The highest BCUT2D eigenvalue weighted by molar-refractivity contribution is 6.53. The fourth-order valence-corrected chi connectivity index (χ4v) is 5.17. The number of nitrogens with one attached hydrogen (secondary N) is 2. The molecule has 2 atom stereocenters. The number of nitrogens with zero attached hydrogens (tertiary/aromatic N) is 1. The van der Waals surface area contributed by atoms with E-state index in [2.05, 4.69) is 15.6 Å². The first-order chi connectivity index (χ1) is 16.1. The van der Waals surface area contributed by atoms with Crippen LogP contribution in [-0.4, -0.2) is 28.2 Å². The average Bonchev–Trinajstić information content (AvgIpc) is 3.37. The standard InChI is InChI=1S/C23H16Cl5N3O3/c1-34-18-5-3-15(10-29-18)31-21(32)16-9-14(2-4-17(16)26)30-22(33)20-19(23(20,27)28)11-6-12(24)8-13(25)7-11/h2-10,19-20H,1H3,(H,30,33)(H,31,32)/t19-,20+/m1/s1. The van der Waals surface area contributed by atoms with Crippen molar-refractivity contribution in [2.24, 2.45) is 5.92 Å². The number of ether oxygens (including phenoxy) is 1. The largest absolute Gasteiger partial charge is 0.481 e. The third kappa shape index (κ3) is 5.21.